The average molecular weight is 238 g/mol. The maximum atomic E-state index is 6.09. The van der Waals surface area contributed by atoms with Gasteiger partial charge in [-0.25, -0.2) is 0 Å². The van der Waals surface area contributed by atoms with Crippen molar-refractivity contribution in [3.05, 3.63) is 34.3 Å². The minimum Gasteiger partial charge on any atom is -0.312 e. The van der Waals surface area contributed by atoms with E-state index in [0.29, 0.717) is 5.41 Å². The fourth-order valence-electron chi connectivity index (χ4n) is 2.21. The second kappa shape index (κ2) is 4.77. The van der Waals surface area contributed by atoms with Gasteiger partial charge in [-0.1, -0.05) is 37.1 Å². The van der Waals surface area contributed by atoms with Gasteiger partial charge >= 0.3 is 0 Å². The van der Waals surface area contributed by atoms with Gasteiger partial charge in [0.1, 0.15) is 0 Å². The van der Waals surface area contributed by atoms with Crippen LogP contribution in [0.1, 0.15) is 37.3 Å². The van der Waals surface area contributed by atoms with Gasteiger partial charge < -0.3 is 5.32 Å². The highest BCUT2D eigenvalue weighted by atomic mass is 35.5. The van der Waals surface area contributed by atoms with Gasteiger partial charge in [-0.3, -0.25) is 0 Å². The Morgan fingerprint density at radius 3 is 2.69 bits per heavy atom. The van der Waals surface area contributed by atoms with Crippen LogP contribution in [0.5, 0.6) is 0 Å². The van der Waals surface area contributed by atoms with Gasteiger partial charge in [-0.15, -0.1) is 0 Å². The quantitative estimate of drug-likeness (QED) is 0.837. The number of nitrogens with one attached hydrogen (secondary N) is 1. The van der Waals surface area contributed by atoms with Crippen LogP contribution in [0.2, 0.25) is 5.02 Å². The molecule has 16 heavy (non-hydrogen) atoms. The third kappa shape index (κ3) is 2.78. The molecule has 0 bridgehead atoms. The normalized spacial score (nSPS) is 18.2. The number of aryl methyl sites for hydroxylation is 1. The fourth-order valence-corrected chi connectivity index (χ4v) is 2.42. The molecule has 1 nitrogen and oxygen atoms in total. The molecule has 1 aliphatic rings. The van der Waals surface area contributed by atoms with Crippen molar-refractivity contribution in [2.24, 2.45) is 5.41 Å². The Labute approximate surface area is 103 Å². The summed E-state index contributed by atoms with van der Waals surface area (Å²) in [5.41, 5.74) is 2.98. The summed E-state index contributed by atoms with van der Waals surface area (Å²) in [6.07, 6.45) is 4.14. The zero-order chi connectivity index (χ0) is 11.6. The molecular formula is C14H20ClN. The Morgan fingerprint density at radius 2 is 2.12 bits per heavy atom. The number of halogens is 1. The lowest BCUT2D eigenvalue weighted by Crippen LogP contribution is -2.36. The maximum absolute atomic E-state index is 6.09. The first-order valence-electron chi connectivity index (χ1n) is 6.05. The van der Waals surface area contributed by atoms with Crippen molar-refractivity contribution in [2.45, 2.75) is 39.7 Å². The number of benzene rings is 1. The van der Waals surface area contributed by atoms with Crippen LogP contribution in [0.25, 0.3) is 0 Å². The van der Waals surface area contributed by atoms with E-state index in [-0.39, 0.29) is 0 Å². The van der Waals surface area contributed by atoms with Crippen LogP contribution in [0.4, 0.5) is 0 Å². The molecular weight excluding hydrogens is 218 g/mol. The van der Waals surface area contributed by atoms with E-state index >= 15 is 0 Å². The van der Waals surface area contributed by atoms with Crippen molar-refractivity contribution in [1.82, 2.24) is 5.32 Å². The first kappa shape index (κ1) is 11.9. The molecule has 0 amide bonds. The highest BCUT2D eigenvalue weighted by Gasteiger charge is 2.30. The van der Waals surface area contributed by atoms with Crippen LogP contribution in [-0.2, 0) is 6.54 Å². The number of hydrogen-bond donors (Lipinski definition) is 1. The van der Waals surface area contributed by atoms with Crippen LogP contribution >= 0.6 is 11.6 Å². The van der Waals surface area contributed by atoms with Crippen molar-refractivity contribution >= 4 is 11.6 Å². The van der Waals surface area contributed by atoms with E-state index in [1.165, 1.54) is 24.8 Å². The van der Waals surface area contributed by atoms with E-state index in [1.54, 1.807) is 0 Å². The molecule has 0 aromatic heterocycles. The topological polar surface area (TPSA) is 12.0 Å². The summed E-state index contributed by atoms with van der Waals surface area (Å²) in [5.74, 6) is 0. The summed E-state index contributed by atoms with van der Waals surface area (Å²) < 4.78 is 0. The van der Waals surface area contributed by atoms with Crippen molar-refractivity contribution in [3.8, 4) is 0 Å². The molecule has 0 spiro atoms. The van der Waals surface area contributed by atoms with Crippen LogP contribution in [0, 0.1) is 12.3 Å². The first-order chi connectivity index (χ1) is 7.59. The lowest BCUT2D eigenvalue weighted by molar-refractivity contribution is 0.156. The van der Waals surface area contributed by atoms with Crippen molar-refractivity contribution in [1.29, 1.82) is 0 Å². The second-order valence-corrected chi connectivity index (χ2v) is 5.76. The predicted molar refractivity (Wildman–Crippen MR) is 69.9 cm³/mol. The molecule has 88 valence electrons. The molecule has 0 unspecified atom stereocenters. The zero-order valence-corrected chi connectivity index (χ0v) is 10.9. The van der Waals surface area contributed by atoms with Gasteiger partial charge in [-0.05, 0) is 42.4 Å². The summed E-state index contributed by atoms with van der Waals surface area (Å²) in [6.45, 7) is 6.45. The minimum atomic E-state index is 0.550. The average Bonchev–Trinajstić information content (AvgIpc) is 2.21. The number of hydrogen-bond acceptors (Lipinski definition) is 1. The predicted octanol–water partition coefficient (Wildman–Crippen LogP) is 3.93. The van der Waals surface area contributed by atoms with Gasteiger partial charge in [0.15, 0.2) is 0 Å². The van der Waals surface area contributed by atoms with Gasteiger partial charge in [0, 0.05) is 18.1 Å². The number of rotatable bonds is 4. The molecule has 0 aliphatic heterocycles. The second-order valence-electron chi connectivity index (χ2n) is 5.35. The summed E-state index contributed by atoms with van der Waals surface area (Å²) in [7, 11) is 0. The first-order valence-corrected chi connectivity index (χ1v) is 6.43. The highest BCUT2D eigenvalue weighted by Crippen LogP contribution is 2.39. The molecule has 2 heteroatoms. The summed E-state index contributed by atoms with van der Waals surface area (Å²) in [6, 6.07) is 6.30. The summed E-state index contributed by atoms with van der Waals surface area (Å²) in [5, 5.41) is 4.40. The van der Waals surface area contributed by atoms with Gasteiger partial charge in [-0.2, -0.15) is 0 Å². The van der Waals surface area contributed by atoms with Gasteiger partial charge in [0.05, 0.1) is 0 Å². The Hall–Kier alpha value is -0.530. The minimum absolute atomic E-state index is 0.550. The molecule has 1 aliphatic carbocycles. The molecule has 0 saturated heterocycles. The molecule has 0 heterocycles. The lowest BCUT2D eigenvalue weighted by Gasteiger charge is -2.38. The zero-order valence-electron chi connectivity index (χ0n) is 10.1. The van der Waals surface area contributed by atoms with Gasteiger partial charge in [0.25, 0.3) is 0 Å². The Balaban J connectivity index is 1.83. The third-order valence-corrected chi connectivity index (χ3v) is 4.09. The van der Waals surface area contributed by atoms with Crippen molar-refractivity contribution < 1.29 is 0 Å². The van der Waals surface area contributed by atoms with E-state index < -0.39 is 0 Å². The molecule has 1 saturated carbocycles. The molecule has 1 N–H and O–H groups in total. The lowest BCUT2D eigenvalue weighted by atomic mass is 9.70. The molecule has 1 fully saturated rings. The van der Waals surface area contributed by atoms with Crippen LogP contribution in [0.3, 0.4) is 0 Å². The monoisotopic (exact) mass is 237 g/mol. The standard InChI is InChI=1S/C14H20ClN/c1-11-4-5-12(8-13(11)15)9-16-10-14(2)6-3-7-14/h4-5,8,16H,3,6-7,9-10H2,1-2H3. The van der Waals surface area contributed by atoms with E-state index in [2.05, 4.69) is 30.4 Å². The maximum Gasteiger partial charge on any atom is 0.0438 e. The SMILES string of the molecule is Cc1ccc(CNCC2(C)CCC2)cc1Cl. The van der Waals surface area contributed by atoms with E-state index in [9.17, 15) is 0 Å². The summed E-state index contributed by atoms with van der Waals surface area (Å²) >= 11 is 6.09. The van der Waals surface area contributed by atoms with Crippen LogP contribution in [0.15, 0.2) is 18.2 Å². The summed E-state index contributed by atoms with van der Waals surface area (Å²) in [4.78, 5) is 0. The molecule has 1 aromatic carbocycles. The fraction of sp³-hybridized carbons (Fsp3) is 0.571. The third-order valence-electron chi connectivity index (χ3n) is 3.68. The van der Waals surface area contributed by atoms with Crippen molar-refractivity contribution in [2.75, 3.05) is 6.54 Å². The molecule has 2 rings (SSSR count). The van der Waals surface area contributed by atoms with E-state index in [4.69, 9.17) is 11.6 Å². The molecule has 0 atom stereocenters. The largest absolute Gasteiger partial charge is 0.312 e. The Morgan fingerprint density at radius 1 is 1.38 bits per heavy atom. The Bertz CT molecular complexity index is 369. The van der Waals surface area contributed by atoms with E-state index in [0.717, 1.165) is 23.7 Å². The van der Waals surface area contributed by atoms with Crippen molar-refractivity contribution in [3.63, 3.8) is 0 Å². The van der Waals surface area contributed by atoms with Crippen LogP contribution < -0.4 is 5.32 Å². The smallest absolute Gasteiger partial charge is 0.0438 e. The molecule has 1 aromatic rings. The highest BCUT2D eigenvalue weighted by molar-refractivity contribution is 6.31. The van der Waals surface area contributed by atoms with E-state index in [1.807, 2.05) is 6.92 Å². The molecule has 0 radical (unpaired) electrons. The Kier molecular flexibility index (Phi) is 3.56. The van der Waals surface area contributed by atoms with Gasteiger partial charge in [0.2, 0.25) is 0 Å². The van der Waals surface area contributed by atoms with Crippen LogP contribution in [-0.4, -0.2) is 6.54 Å².